The van der Waals surface area contributed by atoms with E-state index >= 15 is 0 Å². The zero-order valence-electron chi connectivity index (χ0n) is 13.5. The van der Waals surface area contributed by atoms with Gasteiger partial charge in [-0.3, -0.25) is 4.79 Å². The van der Waals surface area contributed by atoms with E-state index in [-0.39, 0.29) is 5.92 Å². The highest BCUT2D eigenvalue weighted by atomic mass is 16.5. The molecule has 6 heteroatoms. The number of carbonyl (C=O) groups excluding carboxylic acids is 1. The van der Waals surface area contributed by atoms with Crippen molar-refractivity contribution in [1.82, 2.24) is 0 Å². The van der Waals surface area contributed by atoms with Crippen molar-refractivity contribution in [2.24, 2.45) is 11.7 Å². The van der Waals surface area contributed by atoms with Crippen molar-refractivity contribution in [2.75, 3.05) is 0 Å². The van der Waals surface area contributed by atoms with Gasteiger partial charge in [0.2, 0.25) is 0 Å². The number of hydrogen-bond acceptors (Lipinski definition) is 5. The van der Waals surface area contributed by atoms with Gasteiger partial charge in [-0.15, -0.1) is 0 Å². The van der Waals surface area contributed by atoms with Gasteiger partial charge in [0.1, 0.15) is 24.2 Å². The van der Waals surface area contributed by atoms with Crippen LogP contribution < -0.4 is 5.73 Å². The molecule has 0 aromatic heterocycles. The second-order valence-corrected chi connectivity index (χ2v) is 6.90. The van der Waals surface area contributed by atoms with Crippen molar-refractivity contribution in [3.05, 3.63) is 5.57 Å². The van der Waals surface area contributed by atoms with Crippen molar-refractivity contribution >= 4 is 11.9 Å². The Morgan fingerprint density at radius 1 is 1.27 bits per heavy atom. The van der Waals surface area contributed by atoms with Crippen LogP contribution in [-0.2, 0) is 14.3 Å². The smallest absolute Gasteiger partial charge is 0.323 e. The zero-order chi connectivity index (χ0) is 16.9. The number of ether oxygens (including phenoxy) is 1. The van der Waals surface area contributed by atoms with Crippen LogP contribution in [0.1, 0.15) is 52.9 Å². The molecule has 0 aromatic carbocycles. The molecule has 1 aliphatic rings. The summed E-state index contributed by atoms with van der Waals surface area (Å²) in [5.41, 5.74) is 5.18. The predicted molar refractivity (Wildman–Crippen MR) is 82.0 cm³/mol. The van der Waals surface area contributed by atoms with E-state index in [0.717, 1.165) is 32.1 Å². The molecule has 3 atom stereocenters. The average molecular weight is 313 g/mol. The van der Waals surface area contributed by atoms with Crippen LogP contribution in [0, 0.1) is 5.92 Å². The number of carboxylic acid groups (broad SMARTS) is 1. The highest BCUT2D eigenvalue weighted by molar-refractivity contribution is 5.74. The lowest BCUT2D eigenvalue weighted by molar-refractivity contribution is -0.148. The molecule has 0 radical (unpaired) electrons. The molecule has 0 spiro atoms. The van der Waals surface area contributed by atoms with E-state index in [1.54, 1.807) is 20.8 Å². The van der Waals surface area contributed by atoms with Crippen LogP contribution in [0.25, 0.3) is 0 Å². The van der Waals surface area contributed by atoms with E-state index in [9.17, 15) is 14.7 Å². The maximum atomic E-state index is 11.5. The molecule has 22 heavy (non-hydrogen) atoms. The number of aliphatic carboxylic acids is 1. The standard InChI is InChI=1S/C16H27NO5/c1-16(2,3)22-14(13(19)12(17)15(20)21)11(9-18)10-7-5-4-6-8-10/h10,12-14,19H,4-8,17H2,1-3H3,(H,20,21)/t12?,13-,14-/m0/s1. The first-order chi connectivity index (χ1) is 10.2. The lowest BCUT2D eigenvalue weighted by atomic mass is 9.80. The molecule has 0 saturated heterocycles. The van der Waals surface area contributed by atoms with Crippen LogP contribution in [0.5, 0.6) is 0 Å². The van der Waals surface area contributed by atoms with E-state index < -0.39 is 29.8 Å². The fourth-order valence-electron chi connectivity index (χ4n) is 2.82. The molecular formula is C16H27NO5. The number of carbonyl (C=O) groups is 1. The molecule has 6 nitrogen and oxygen atoms in total. The van der Waals surface area contributed by atoms with E-state index in [1.807, 2.05) is 5.94 Å². The largest absolute Gasteiger partial charge is 0.480 e. The first kappa shape index (κ1) is 18.8. The summed E-state index contributed by atoms with van der Waals surface area (Å²) in [4.78, 5) is 22.5. The number of aliphatic hydroxyl groups is 1. The quantitative estimate of drug-likeness (QED) is 0.637. The normalized spacial score (nSPS) is 20.8. The third-order valence-electron chi connectivity index (χ3n) is 3.91. The fraction of sp³-hybridized carbons (Fsp3) is 0.812. The van der Waals surface area contributed by atoms with Gasteiger partial charge in [0, 0.05) is 5.57 Å². The summed E-state index contributed by atoms with van der Waals surface area (Å²) in [7, 11) is 0. The van der Waals surface area contributed by atoms with Gasteiger partial charge in [-0.1, -0.05) is 19.3 Å². The molecule has 126 valence electrons. The summed E-state index contributed by atoms with van der Waals surface area (Å²) in [6, 6.07) is -1.51. The van der Waals surface area contributed by atoms with Gasteiger partial charge in [-0.2, -0.15) is 0 Å². The van der Waals surface area contributed by atoms with E-state index in [1.165, 1.54) is 0 Å². The van der Waals surface area contributed by atoms with Crippen molar-refractivity contribution < 1.29 is 24.5 Å². The Balaban J connectivity index is 3.06. The summed E-state index contributed by atoms with van der Waals surface area (Å²) < 4.78 is 5.78. The van der Waals surface area contributed by atoms with Crippen LogP contribution in [0.3, 0.4) is 0 Å². The summed E-state index contributed by atoms with van der Waals surface area (Å²) >= 11 is 0. The maximum Gasteiger partial charge on any atom is 0.323 e. The second-order valence-electron chi connectivity index (χ2n) is 6.90. The Morgan fingerprint density at radius 3 is 2.23 bits per heavy atom. The van der Waals surface area contributed by atoms with Crippen LogP contribution in [0.2, 0.25) is 0 Å². The lowest BCUT2D eigenvalue weighted by Gasteiger charge is -2.35. The first-order valence-electron chi connectivity index (χ1n) is 7.76. The zero-order valence-corrected chi connectivity index (χ0v) is 13.5. The average Bonchev–Trinajstić information content (AvgIpc) is 2.45. The van der Waals surface area contributed by atoms with Gasteiger partial charge in [0.25, 0.3) is 0 Å². The van der Waals surface area contributed by atoms with Crippen molar-refractivity contribution in [3.63, 3.8) is 0 Å². The minimum Gasteiger partial charge on any atom is -0.480 e. The lowest BCUT2D eigenvalue weighted by Crippen LogP contribution is -2.52. The Morgan fingerprint density at radius 2 is 1.82 bits per heavy atom. The van der Waals surface area contributed by atoms with Crippen LogP contribution >= 0.6 is 0 Å². The molecule has 0 aromatic rings. The fourth-order valence-corrected chi connectivity index (χ4v) is 2.82. The van der Waals surface area contributed by atoms with Crippen LogP contribution in [-0.4, -0.2) is 46.0 Å². The third kappa shape index (κ3) is 5.21. The Hall–Kier alpha value is -1.20. The Kier molecular flexibility index (Phi) is 6.75. The third-order valence-corrected chi connectivity index (χ3v) is 3.91. The molecular weight excluding hydrogens is 286 g/mol. The predicted octanol–water partition coefficient (Wildman–Crippen LogP) is 1.28. The van der Waals surface area contributed by atoms with Gasteiger partial charge in [-0.25, -0.2) is 4.79 Å². The summed E-state index contributed by atoms with van der Waals surface area (Å²) in [6.07, 6.45) is 2.22. The molecule has 4 N–H and O–H groups in total. The molecule has 1 saturated carbocycles. The molecule has 0 heterocycles. The van der Waals surface area contributed by atoms with E-state index in [4.69, 9.17) is 15.6 Å². The Labute approximate surface area is 131 Å². The van der Waals surface area contributed by atoms with Crippen LogP contribution in [0.15, 0.2) is 5.57 Å². The second kappa shape index (κ2) is 7.88. The molecule has 1 aliphatic carbocycles. The monoisotopic (exact) mass is 313 g/mol. The molecule has 1 rings (SSSR count). The van der Waals surface area contributed by atoms with Crippen molar-refractivity contribution in [3.8, 4) is 0 Å². The summed E-state index contributed by atoms with van der Waals surface area (Å²) in [6.45, 7) is 5.34. The minimum absolute atomic E-state index is 0.0331. The summed E-state index contributed by atoms with van der Waals surface area (Å²) in [5.74, 6) is 0.540. The number of hydrogen-bond donors (Lipinski definition) is 3. The molecule has 0 aliphatic heterocycles. The highest BCUT2D eigenvalue weighted by Gasteiger charge is 2.39. The highest BCUT2D eigenvalue weighted by Crippen LogP contribution is 2.33. The maximum absolute atomic E-state index is 11.5. The van der Waals surface area contributed by atoms with Gasteiger partial charge in [0.15, 0.2) is 0 Å². The van der Waals surface area contributed by atoms with Gasteiger partial charge in [-0.05, 0) is 39.5 Å². The molecule has 0 bridgehead atoms. The first-order valence-corrected chi connectivity index (χ1v) is 7.76. The number of nitrogens with two attached hydrogens (primary N) is 1. The van der Waals surface area contributed by atoms with Crippen molar-refractivity contribution in [2.45, 2.75) is 76.7 Å². The molecule has 1 fully saturated rings. The van der Waals surface area contributed by atoms with Gasteiger partial charge >= 0.3 is 5.97 Å². The topological polar surface area (TPSA) is 110 Å². The van der Waals surface area contributed by atoms with E-state index in [0.29, 0.717) is 5.57 Å². The van der Waals surface area contributed by atoms with E-state index in [2.05, 4.69) is 0 Å². The molecule has 1 unspecified atom stereocenters. The number of rotatable bonds is 6. The van der Waals surface area contributed by atoms with Crippen LogP contribution in [0.4, 0.5) is 0 Å². The minimum atomic E-state index is -1.51. The van der Waals surface area contributed by atoms with Crippen molar-refractivity contribution in [1.29, 1.82) is 0 Å². The number of carboxylic acids is 1. The van der Waals surface area contributed by atoms with Gasteiger partial charge in [0.05, 0.1) is 5.60 Å². The SMILES string of the molecule is CC(C)(C)O[C@@H](C(=C=O)C1CCCCC1)[C@@H](O)C(N)C(=O)O. The number of aliphatic hydroxyl groups excluding tert-OH is 1. The Bertz CT molecular complexity index is 430. The van der Waals surface area contributed by atoms with Gasteiger partial charge < -0.3 is 20.7 Å². The molecule has 0 amide bonds. The summed E-state index contributed by atoms with van der Waals surface area (Å²) in [5, 5.41) is 19.3.